The third-order valence-corrected chi connectivity index (χ3v) is 2.74. The van der Waals surface area contributed by atoms with Crippen LogP contribution in [0.1, 0.15) is 12.7 Å². The lowest BCUT2D eigenvalue weighted by Crippen LogP contribution is -2.14. The average molecular weight is 263 g/mol. The molecule has 0 N–H and O–H groups in total. The predicted octanol–water partition coefficient (Wildman–Crippen LogP) is 1.82. The number of fused-ring (bicyclic) bond motifs is 1. The van der Waals surface area contributed by atoms with Gasteiger partial charge in [-0.2, -0.15) is 0 Å². The van der Waals surface area contributed by atoms with E-state index in [1.54, 1.807) is 30.5 Å². The SMILES string of the molecule is CCOC(=O)Cn1c(C)nc2c([N+](=O)[O-])cccc21. The largest absolute Gasteiger partial charge is 0.465 e. The Morgan fingerprint density at radius 3 is 2.89 bits per heavy atom. The topological polar surface area (TPSA) is 87.3 Å². The van der Waals surface area contributed by atoms with Crippen LogP contribution >= 0.6 is 0 Å². The number of ether oxygens (including phenoxy) is 1. The number of rotatable bonds is 4. The van der Waals surface area contributed by atoms with Crippen molar-refractivity contribution in [3.8, 4) is 0 Å². The molecule has 0 aliphatic rings. The minimum atomic E-state index is -0.483. The molecule has 1 aromatic carbocycles. The van der Waals surface area contributed by atoms with E-state index in [1.807, 2.05) is 0 Å². The van der Waals surface area contributed by atoms with Crippen LogP contribution in [0.25, 0.3) is 11.0 Å². The molecule has 19 heavy (non-hydrogen) atoms. The molecule has 1 aromatic heterocycles. The van der Waals surface area contributed by atoms with Crippen molar-refractivity contribution in [2.45, 2.75) is 20.4 Å². The Labute approximate surface area is 109 Å². The molecule has 2 aromatic rings. The second kappa shape index (κ2) is 5.05. The molecule has 0 saturated heterocycles. The number of carbonyl (C=O) groups excluding carboxylic acids is 1. The monoisotopic (exact) mass is 263 g/mol. The van der Waals surface area contributed by atoms with Gasteiger partial charge in [-0.1, -0.05) is 6.07 Å². The molecule has 100 valence electrons. The van der Waals surface area contributed by atoms with Gasteiger partial charge in [0, 0.05) is 6.07 Å². The third-order valence-electron chi connectivity index (χ3n) is 2.74. The molecular formula is C12H13N3O4. The van der Waals surface area contributed by atoms with E-state index in [-0.39, 0.29) is 17.7 Å². The molecule has 0 amide bonds. The molecular weight excluding hydrogens is 250 g/mol. The molecule has 0 unspecified atom stereocenters. The lowest BCUT2D eigenvalue weighted by Gasteiger charge is -2.05. The highest BCUT2D eigenvalue weighted by Crippen LogP contribution is 2.25. The summed E-state index contributed by atoms with van der Waals surface area (Å²) >= 11 is 0. The second-order valence-electron chi connectivity index (χ2n) is 3.95. The van der Waals surface area contributed by atoms with Gasteiger partial charge >= 0.3 is 5.97 Å². The zero-order chi connectivity index (χ0) is 14.0. The number of esters is 1. The van der Waals surface area contributed by atoms with Crippen molar-refractivity contribution < 1.29 is 14.5 Å². The summed E-state index contributed by atoms with van der Waals surface area (Å²) in [6.45, 7) is 3.71. The lowest BCUT2D eigenvalue weighted by molar-refractivity contribution is -0.383. The summed E-state index contributed by atoms with van der Waals surface area (Å²) in [6, 6.07) is 4.66. The number of nitrogens with zero attached hydrogens (tertiary/aromatic N) is 3. The van der Waals surface area contributed by atoms with E-state index < -0.39 is 10.9 Å². The summed E-state index contributed by atoms with van der Waals surface area (Å²) in [5, 5.41) is 10.9. The number of carbonyl (C=O) groups is 1. The van der Waals surface area contributed by atoms with Gasteiger partial charge in [0.1, 0.15) is 12.4 Å². The quantitative estimate of drug-likeness (QED) is 0.477. The molecule has 0 atom stereocenters. The lowest BCUT2D eigenvalue weighted by atomic mass is 10.2. The van der Waals surface area contributed by atoms with Crippen molar-refractivity contribution in [1.29, 1.82) is 0 Å². The first kappa shape index (κ1) is 13.0. The molecule has 0 aliphatic heterocycles. The molecule has 0 radical (unpaired) electrons. The summed E-state index contributed by atoms with van der Waals surface area (Å²) in [5.74, 6) is 0.147. The van der Waals surface area contributed by atoms with Crippen LogP contribution in [0, 0.1) is 17.0 Å². The van der Waals surface area contributed by atoms with Crippen molar-refractivity contribution in [2.24, 2.45) is 0 Å². The zero-order valence-corrected chi connectivity index (χ0v) is 10.6. The molecule has 2 rings (SSSR count). The number of imidazole rings is 1. The Balaban J connectivity index is 2.51. The highest BCUT2D eigenvalue weighted by molar-refractivity contribution is 5.86. The number of benzene rings is 1. The van der Waals surface area contributed by atoms with Crippen LogP contribution in [-0.4, -0.2) is 27.1 Å². The Bertz CT molecular complexity index is 648. The summed E-state index contributed by atoms with van der Waals surface area (Å²) < 4.78 is 6.49. The van der Waals surface area contributed by atoms with Crippen molar-refractivity contribution >= 4 is 22.7 Å². The first-order valence-electron chi connectivity index (χ1n) is 5.80. The summed E-state index contributed by atoms with van der Waals surface area (Å²) in [5.41, 5.74) is 0.775. The van der Waals surface area contributed by atoms with Crippen LogP contribution in [0.2, 0.25) is 0 Å². The summed E-state index contributed by atoms with van der Waals surface area (Å²) in [6.07, 6.45) is 0. The van der Waals surface area contributed by atoms with E-state index in [4.69, 9.17) is 4.74 Å². The number of nitro groups is 1. The van der Waals surface area contributed by atoms with Crippen LogP contribution in [0.15, 0.2) is 18.2 Å². The molecule has 0 bridgehead atoms. The van der Waals surface area contributed by atoms with Gasteiger partial charge in [0.15, 0.2) is 5.52 Å². The molecule has 0 saturated carbocycles. The Hall–Kier alpha value is -2.44. The van der Waals surface area contributed by atoms with Gasteiger partial charge in [0.2, 0.25) is 0 Å². The van der Waals surface area contributed by atoms with Gasteiger partial charge in [0.25, 0.3) is 5.69 Å². The Morgan fingerprint density at radius 2 is 2.26 bits per heavy atom. The van der Waals surface area contributed by atoms with Crippen molar-refractivity contribution in [2.75, 3.05) is 6.61 Å². The maximum absolute atomic E-state index is 11.5. The molecule has 7 heteroatoms. The van der Waals surface area contributed by atoms with Crippen molar-refractivity contribution in [1.82, 2.24) is 9.55 Å². The van der Waals surface area contributed by atoms with Gasteiger partial charge in [-0.15, -0.1) is 0 Å². The minimum absolute atomic E-state index is 0.00264. The van der Waals surface area contributed by atoms with E-state index in [1.165, 1.54) is 6.07 Å². The first-order valence-corrected chi connectivity index (χ1v) is 5.80. The van der Waals surface area contributed by atoms with E-state index >= 15 is 0 Å². The first-order chi connectivity index (χ1) is 9.04. The fraction of sp³-hybridized carbons (Fsp3) is 0.333. The van der Waals surface area contributed by atoms with Gasteiger partial charge < -0.3 is 9.30 Å². The molecule has 0 fully saturated rings. The van der Waals surface area contributed by atoms with E-state index in [0.717, 1.165) is 0 Å². The van der Waals surface area contributed by atoms with Crippen LogP contribution < -0.4 is 0 Å². The smallest absolute Gasteiger partial charge is 0.326 e. The van der Waals surface area contributed by atoms with Gasteiger partial charge in [-0.25, -0.2) is 4.98 Å². The fourth-order valence-electron chi connectivity index (χ4n) is 1.93. The fourth-order valence-corrected chi connectivity index (χ4v) is 1.93. The van der Waals surface area contributed by atoms with Crippen LogP contribution in [0.3, 0.4) is 0 Å². The number of aromatic nitrogens is 2. The summed E-state index contributed by atoms with van der Waals surface area (Å²) in [7, 11) is 0. The van der Waals surface area contributed by atoms with Gasteiger partial charge in [-0.05, 0) is 19.9 Å². The predicted molar refractivity (Wildman–Crippen MR) is 67.8 cm³/mol. The number of aryl methyl sites for hydroxylation is 1. The normalized spacial score (nSPS) is 10.6. The van der Waals surface area contributed by atoms with Crippen LogP contribution in [0.4, 0.5) is 5.69 Å². The molecule has 7 nitrogen and oxygen atoms in total. The molecule has 1 heterocycles. The maximum atomic E-state index is 11.5. The number of hydrogen-bond donors (Lipinski definition) is 0. The zero-order valence-electron chi connectivity index (χ0n) is 10.6. The number of nitro benzene ring substituents is 1. The van der Waals surface area contributed by atoms with E-state index in [0.29, 0.717) is 17.9 Å². The minimum Gasteiger partial charge on any atom is -0.465 e. The molecule has 0 spiro atoms. The maximum Gasteiger partial charge on any atom is 0.326 e. The highest BCUT2D eigenvalue weighted by atomic mass is 16.6. The standard InChI is InChI=1S/C12H13N3O4/c1-3-19-11(16)7-14-8(2)13-12-9(14)5-4-6-10(12)15(17)18/h4-6H,3,7H2,1-2H3. The highest BCUT2D eigenvalue weighted by Gasteiger charge is 2.19. The second-order valence-corrected chi connectivity index (χ2v) is 3.95. The Kier molecular flexibility index (Phi) is 3.46. The van der Waals surface area contributed by atoms with Crippen molar-refractivity contribution in [3.63, 3.8) is 0 Å². The van der Waals surface area contributed by atoms with Crippen LogP contribution in [0.5, 0.6) is 0 Å². The van der Waals surface area contributed by atoms with Gasteiger partial charge in [0.05, 0.1) is 17.0 Å². The summed E-state index contributed by atoms with van der Waals surface area (Å²) in [4.78, 5) is 26.1. The number of non-ortho nitro benzene ring substituents is 1. The number of para-hydroxylation sites is 1. The van der Waals surface area contributed by atoms with Gasteiger partial charge in [-0.3, -0.25) is 14.9 Å². The number of hydrogen-bond acceptors (Lipinski definition) is 5. The molecule has 0 aliphatic carbocycles. The van der Waals surface area contributed by atoms with E-state index in [9.17, 15) is 14.9 Å². The average Bonchev–Trinajstić information content (AvgIpc) is 2.66. The Morgan fingerprint density at radius 1 is 1.53 bits per heavy atom. The van der Waals surface area contributed by atoms with Crippen molar-refractivity contribution in [3.05, 3.63) is 34.1 Å². The van der Waals surface area contributed by atoms with Crippen LogP contribution in [-0.2, 0) is 16.1 Å². The van der Waals surface area contributed by atoms with E-state index in [2.05, 4.69) is 4.98 Å². The third kappa shape index (κ3) is 2.40.